The molecule has 2 saturated heterocycles. The van der Waals surface area contributed by atoms with Crippen LogP contribution in [0.3, 0.4) is 0 Å². The minimum Gasteiger partial charge on any atom is -0.314 e. The maximum absolute atomic E-state index is 3.65. The van der Waals surface area contributed by atoms with Crippen molar-refractivity contribution in [3.63, 3.8) is 0 Å². The molecule has 0 radical (unpaired) electrons. The average molecular weight is 267 g/mol. The number of nitrogens with zero attached hydrogens (tertiary/aromatic N) is 2. The van der Waals surface area contributed by atoms with Gasteiger partial charge in [-0.15, -0.1) is 0 Å². The number of hydrogen-bond donors (Lipinski definition) is 1. The highest BCUT2D eigenvalue weighted by molar-refractivity contribution is 4.74. The van der Waals surface area contributed by atoms with Gasteiger partial charge in [-0.1, -0.05) is 6.42 Å². The molecule has 0 aliphatic carbocycles. The van der Waals surface area contributed by atoms with Crippen LogP contribution in [0.1, 0.15) is 44.9 Å². The molecule has 0 aromatic heterocycles. The first kappa shape index (κ1) is 15.3. The first-order valence-electron chi connectivity index (χ1n) is 8.34. The summed E-state index contributed by atoms with van der Waals surface area (Å²) in [6.45, 7) is 6.41. The highest BCUT2D eigenvalue weighted by Gasteiger charge is 2.18. The van der Waals surface area contributed by atoms with E-state index in [4.69, 9.17) is 0 Å². The molecule has 112 valence electrons. The molecule has 2 aliphatic rings. The van der Waals surface area contributed by atoms with Crippen molar-refractivity contribution in [3.8, 4) is 0 Å². The molecule has 0 spiro atoms. The number of hydrogen-bond acceptors (Lipinski definition) is 3. The van der Waals surface area contributed by atoms with Gasteiger partial charge in [-0.2, -0.15) is 0 Å². The van der Waals surface area contributed by atoms with Gasteiger partial charge < -0.3 is 15.1 Å². The zero-order valence-corrected chi connectivity index (χ0v) is 13.0. The van der Waals surface area contributed by atoms with Crippen molar-refractivity contribution in [2.24, 2.45) is 5.92 Å². The molecular weight excluding hydrogens is 234 g/mol. The summed E-state index contributed by atoms with van der Waals surface area (Å²) in [5.41, 5.74) is 0. The number of likely N-dealkylation sites (tertiary alicyclic amines) is 1. The molecule has 3 nitrogen and oxygen atoms in total. The summed E-state index contributed by atoms with van der Waals surface area (Å²) in [6.07, 6.45) is 9.76. The second-order valence-electron chi connectivity index (χ2n) is 6.80. The van der Waals surface area contributed by atoms with E-state index in [9.17, 15) is 0 Å². The van der Waals surface area contributed by atoms with Crippen LogP contribution in [0.25, 0.3) is 0 Å². The zero-order chi connectivity index (χ0) is 13.5. The van der Waals surface area contributed by atoms with Crippen molar-refractivity contribution in [1.29, 1.82) is 0 Å². The van der Waals surface area contributed by atoms with Crippen LogP contribution in [0.4, 0.5) is 0 Å². The second-order valence-corrected chi connectivity index (χ2v) is 6.80. The predicted molar refractivity (Wildman–Crippen MR) is 82.6 cm³/mol. The Morgan fingerprint density at radius 3 is 2.68 bits per heavy atom. The first-order valence-corrected chi connectivity index (χ1v) is 8.34. The second kappa shape index (κ2) is 8.23. The molecule has 2 unspecified atom stereocenters. The van der Waals surface area contributed by atoms with Crippen LogP contribution in [0.5, 0.6) is 0 Å². The van der Waals surface area contributed by atoms with Crippen molar-refractivity contribution in [2.75, 3.05) is 46.8 Å². The molecule has 2 heterocycles. The molecule has 0 aromatic rings. The van der Waals surface area contributed by atoms with Crippen molar-refractivity contribution < 1.29 is 0 Å². The maximum Gasteiger partial charge on any atom is 0.00792 e. The summed E-state index contributed by atoms with van der Waals surface area (Å²) >= 11 is 0. The third-order valence-electron chi connectivity index (χ3n) is 4.91. The SMILES string of the molecule is CN(CCC1CCCN(C)C1)CCC1CCCCN1. The van der Waals surface area contributed by atoms with E-state index >= 15 is 0 Å². The highest BCUT2D eigenvalue weighted by Crippen LogP contribution is 2.18. The van der Waals surface area contributed by atoms with Gasteiger partial charge in [0, 0.05) is 12.6 Å². The standard InChI is InChI=1S/C16H33N3/c1-18(13-9-16-7-3-4-10-17-16)12-8-15-6-5-11-19(2)14-15/h15-17H,3-14H2,1-2H3. The third-order valence-corrected chi connectivity index (χ3v) is 4.91. The Hall–Kier alpha value is -0.120. The van der Waals surface area contributed by atoms with Crippen molar-refractivity contribution in [3.05, 3.63) is 0 Å². The predicted octanol–water partition coefficient (Wildman–Crippen LogP) is 2.18. The lowest BCUT2D eigenvalue weighted by atomic mass is 9.95. The van der Waals surface area contributed by atoms with E-state index in [1.165, 1.54) is 77.7 Å². The average Bonchev–Trinajstić information content (AvgIpc) is 2.44. The highest BCUT2D eigenvalue weighted by atomic mass is 15.1. The lowest BCUT2D eigenvalue weighted by Crippen LogP contribution is -2.37. The van der Waals surface area contributed by atoms with Gasteiger partial charge in [0.2, 0.25) is 0 Å². The zero-order valence-electron chi connectivity index (χ0n) is 13.0. The van der Waals surface area contributed by atoms with Crippen LogP contribution in [0, 0.1) is 5.92 Å². The first-order chi connectivity index (χ1) is 9.24. The lowest BCUT2D eigenvalue weighted by Gasteiger charge is -2.31. The van der Waals surface area contributed by atoms with Crippen LogP contribution < -0.4 is 5.32 Å². The van der Waals surface area contributed by atoms with Gasteiger partial charge in [-0.05, 0) is 84.7 Å². The molecule has 0 saturated carbocycles. The molecule has 3 heteroatoms. The van der Waals surface area contributed by atoms with E-state index in [-0.39, 0.29) is 0 Å². The van der Waals surface area contributed by atoms with E-state index in [1.54, 1.807) is 0 Å². The monoisotopic (exact) mass is 267 g/mol. The molecule has 0 aromatic carbocycles. The molecule has 19 heavy (non-hydrogen) atoms. The summed E-state index contributed by atoms with van der Waals surface area (Å²) in [4.78, 5) is 5.05. The van der Waals surface area contributed by atoms with E-state index in [2.05, 4.69) is 29.2 Å². The Kier molecular flexibility index (Phi) is 6.62. The summed E-state index contributed by atoms with van der Waals surface area (Å²) in [5, 5.41) is 3.65. The molecule has 0 bridgehead atoms. The van der Waals surface area contributed by atoms with Crippen molar-refractivity contribution in [2.45, 2.75) is 51.0 Å². The number of piperidine rings is 2. The van der Waals surface area contributed by atoms with Gasteiger partial charge in [0.25, 0.3) is 0 Å². The van der Waals surface area contributed by atoms with Gasteiger partial charge in [0.15, 0.2) is 0 Å². The molecular formula is C16H33N3. The van der Waals surface area contributed by atoms with Crippen LogP contribution in [0.2, 0.25) is 0 Å². The van der Waals surface area contributed by atoms with Gasteiger partial charge in [0.05, 0.1) is 0 Å². The molecule has 1 N–H and O–H groups in total. The fourth-order valence-electron chi connectivity index (χ4n) is 3.57. The number of nitrogens with one attached hydrogen (secondary N) is 1. The smallest absolute Gasteiger partial charge is 0.00792 e. The van der Waals surface area contributed by atoms with Crippen LogP contribution >= 0.6 is 0 Å². The number of rotatable bonds is 6. The third kappa shape index (κ3) is 5.80. The molecule has 2 rings (SSSR count). The topological polar surface area (TPSA) is 18.5 Å². The molecule has 2 fully saturated rings. The lowest BCUT2D eigenvalue weighted by molar-refractivity contribution is 0.183. The molecule has 0 amide bonds. The van der Waals surface area contributed by atoms with Gasteiger partial charge >= 0.3 is 0 Å². The minimum atomic E-state index is 0.789. The summed E-state index contributed by atoms with van der Waals surface area (Å²) in [7, 11) is 4.57. The summed E-state index contributed by atoms with van der Waals surface area (Å²) in [5.74, 6) is 0.939. The van der Waals surface area contributed by atoms with Gasteiger partial charge in [-0.25, -0.2) is 0 Å². The fourth-order valence-corrected chi connectivity index (χ4v) is 3.57. The maximum atomic E-state index is 3.65. The Morgan fingerprint density at radius 1 is 1.11 bits per heavy atom. The van der Waals surface area contributed by atoms with E-state index in [0.29, 0.717) is 0 Å². The van der Waals surface area contributed by atoms with Crippen LogP contribution in [0.15, 0.2) is 0 Å². The van der Waals surface area contributed by atoms with Crippen molar-refractivity contribution in [1.82, 2.24) is 15.1 Å². The Morgan fingerprint density at radius 2 is 1.95 bits per heavy atom. The summed E-state index contributed by atoms with van der Waals surface area (Å²) < 4.78 is 0. The largest absolute Gasteiger partial charge is 0.314 e. The Labute approximate surface area is 119 Å². The fraction of sp³-hybridized carbons (Fsp3) is 1.00. The van der Waals surface area contributed by atoms with Crippen LogP contribution in [-0.4, -0.2) is 62.7 Å². The van der Waals surface area contributed by atoms with E-state index in [0.717, 1.165) is 12.0 Å². The normalized spacial score (nSPS) is 29.8. The van der Waals surface area contributed by atoms with Crippen molar-refractivity contribution >= 4 is 0 Å². The minimum absolute atomic E-state index is 0.789. The van der Waals surface area contributed by atoms with Gasteiger partial charge in [0.1, 0.15) is 0 Å². The van der Waals surface area contributed by atoms with Crippen LogP contribution in [-0.2, 0) is 0 Å². The van der Waals surface area contributed by atoms with E-state index in [1.807, 2.05) is 0 Å². The molecule has 2 atom stereocenters. The molecule has 2 aliphatic heterocycles. The summed E-state index contributed by atoms with van der Waals surface area (Å²) in [6, 6.07) is 0.789. The van der Waals surface area contributed by atoms with Gasteiger partial charge in [-0.3, -0.25) is 0 Å². The quantitative estimate of drug-likeness (QED) is 0.796. The Bertz CT molecular complexity index is 238. The van der Waals surface area contributed by atoms with E-state index < -0.39 is 0 Å². The Balaban J connectivity index is 1.54.